The summed E-state index contributed by atoms with van der Waals surface area (Å²) in [6, 6.07) is 5.83. The Hall–Kier alpha value is -2.44. The van der Waals surface area contributed by atoms with E-state index in [1.165, 1.54) is 5.56 Å². The van der Waals surface area contributed by atoms with Gasteiger partial charge in [0.2, 0.25) is 0 Å². The van der Waals surface area contributed by atoms with Crippen LogP contribution in [0, 0.1) is 0 Å². The molecule has 3 N–H and O–H groups in total. The highest BCUT2D eigenvalue weighted by atomic mass is 16.6. The fourth-order valence-corrected chi connectivity index (χ4v) is 3.75. The second-order valence-electron chi connectivity index (χ2n) is 6.95. The number of ether oxygens (including phenoxy) is 2. The summed E-state index contributed by atoms with van der Waals surface area (Å²) >= 11 is 0. The molecule has 26 heavy (non-hydrogen) atoms. The van der Waals surface area contributed by atoms with Crippen molar-refractivity contribution in [1.82, 2.24) is 10.6 Å². The van der Waals surface area contributed by atoms with E-state index in [1.54, 1.807) is 0 Å². The molecule has 7 heteroatoms. The Balaban J connectivity index is 1.59. The molecular weight excluding hydrogens is 336 g/mol. The number of hydrogen-bond acceptors (Lipinski definition) is 4. The van der Waals surface area contributed by atoms with Gasteiger partial charge < -0.3 is 25.2 Å². The summed E-state index contributed by atoms with van der Waals surface area (Å²) < 4.78 is 11.3. The molecule has 142 valence electrons. The van der Waals surface area contributed by atoms with Gasteiger partial charge in [-0.1, -0.05) is 18.9 Å². The molecule has 1 aliphatic heterocycles. The highest BCUT2D eigenvalue weighted by Gasteiger charge is 2.36. The van der Waals surface area contributed by atoms with Gasteiger partial charge in [0.05, 0.1) is 0 Å². The van der Waals surface area contributed by atoms with Gasteiger partial charge in [-0.25, -0.2) is 4.79 Å². The number of fused-ring (bicyclic) bond motifs is 1. The van der Waals surface area contributed by atoms with Crippen LogP contribution in [-0.2, 0) is 10.2 Å². The predicted octanol–water partition coefficient (Wildman–Crippen LogP) is 2.43. The van der Waals surface area contributed by atoms with Crippen LogP contribution in [0.2, 0.25) is 0 Å². The zero-order valence-electron chi connectivity index (χ0n) is 14.9. The van der Waals surface area contributed by atoms with Crippen molar-refractivity contribution in [1.29, 1.82) is 0 Å². The van der Waals surface area contributed by atoms with Crippen LogP contribution < -0.4 is 20.1 Å². The van der Waals surface area contributed by atoms with Crippen LogP contribution in [0.25, 0.3) is 0 Å². The maximum Gasteiger partial charge on any atom is 0.314 e. The van der Waals surface area contributed by atoms with Gasteiger partial charge in [0, 0.05) is 24.9 Å². The molecular formula is C19H26N2O5. The zero-order valence-corrected chi connectivity index (χ0v) is 14.9. The lowest BCUT2D eigenvalue weighted by Gasteiger charge is -2.31. The summed E-state index contributed by atoms with van der Waals surface area (Å²) in [7, 11) is 0. The van der Waals surface area contributed by atoms with E-state index in [1.807, 2.05) is 12.1 Å². The molecule has 3 rings (SSSR count). The lowest BCUT2D eigenvalue weighted by Crippen LogP contribution is -2.44. The van der Waals surface area contributed by atoms with Crippen molar-refractivity contribution in [3.63, 3.8) is 0 Å². The van der Waals surface area contributed by atoms with Gasteiger partial charge in [0.25, 0.3) is 0 Å². The third kappa shape index (κ3) is 4.39. The van der Waals surface area contributed by atoms with Crippen molar-refractivity contribution >= 4 is 12.0 Å². The van der Waals surface area contributed by atoms with Crippen LogP contribution in [0.5, 0.6) is 11.5 Å². The number of carboxylic acids is 1. The fourth-order valence-electron chi connectivity index (χ4n) is 3.75. The SMILES string of the molecule is O=C(O)CCCNC(=O)NCC1(c2ccc3c(c2)OCCO3)CCCC1. The van der Waals surface area contributed by atoms with Gasteiger partial charge in [-0.15, -0.1) is 0 Å². The van der Waals surface area contributed by atoms with Gasteiger partial charge in [0.1, 0.15) is 13.2 Å². The molecule has 1 saturated carbocycles. The van der Waals surface area contributed by atoms with E-state index in [2.05, 4.69) is 16.7 Å². The Kier molecular flexibility index (Phi) is 5.85. The van der Waals surface area contributed by atoms with Crippen LogP contribution in [-0.4, -0.2) is 43.4 Å². The first-order valence-electron chi connectivity index (χ1n) is 9.23. The van der Waals surface area contributed by atoms with E-state index in [4.69, 9.17) is 14.6 Å². The van der Waals surface area contributed by atoms with E-state index >= 15 is 0 Å². The number of aliphatic carboxylic acids is 1. The highest BCUT2D eigenvalue weighted by molar-refractivity contribution is 5.74. The van der Waals surface area contributed by atoms with Crippen LogP contribution >= 0.6 is 0 Å². The van der Waals surface area contributed by atoms with Gasteiger partial charge in [-0.3, -0.25) is 4.79 Å². The third-order valence-electron chi connectivity index (χ3n) is 5.16. The Morgan fingerprint density at radius 3 is 2.54 bits per heavy atom. The molecule has 2 amide bonds. The summed E-state index contributed by atoms with van der Waals surface area (Å²) in [6.07, 6.45) is 4.79. The smallest absolute Gasteiger partial charge is 0.314 e. The Labute approximate surface area is 153 Å². The average Bonchev–Trinajstić information content (AvgIpc) is 3.13. The van der Waals surface area contributed by atoms with E-state index in [0.29, 0.717) is 32.7 Å². The summed E-state index contributed by atoms with van der Waals surface area (Å²) in [5.41, 5.74) is 1.08. The molecule has 2 aliphatic rings. The number of urea groups is 1. The summed E-state index contributed by atoms with van der Waals surface area (Å²) in [5.74, 6) is 0.700. The number of carboxylic acid groups (broad SMARTS) is 1. The first kappa shape index (κ1) is 18.4. The molecule has 1 aromatic carbocycles. The van der Waals surface area contributed by atoms with Crippen molar-refractivity contribution in [2.45, 2.75) is 43.9 Å². The largest absolute Gasteiger partial charge is 0.486 e. The quantitative estimate of drug-likeness (QED) is 0.647. The molecule has 0 aromatic heterocycles. The summed E-state index contributed by atoms with van der Waals surface area (Å²) in [5, 5.41) is 14.3. The average molecular weight is 362 g/mol. The number of hydrogen-bond donors (Lipinski definition) is 3. The van der Waals surface area contributed by atoms with Crippen LogP contribution in [0.4, 0.5) is 4.79 Å². The van der Waals surface area contributed by atoms with E-state index in [9.17, 15) is 9.59 Å². The molecule has 1 heterocycles. The topological polar surface area (TPSA) is 96.9 Å². The maximum absolute atomic E-state index is 12.0. The predicted molar refractivity (Wildman–Crippen MR) is 95.8 cm³/mol. The van der Waals surface area contributed by atoms with Crippen molar-refractivity contribution in [2.75, 3.05) is 26.3 Å². The van der Waals surface area contributed by atoms with Crippen molar-refractivity contribution in [3.8, 4) is 11.5 Å². The lowest BCUT2D eigenvalue weighted by molar-refractivity contribution is -0.137. The molecule has 0 saturated heterocycles. The molecule has 0 radical (unpaired) electrons. The number of amides is 2. The summed E-state index contributed by atoms with van der Waals surface area (Å²) in [4.78, 5) is 22.5. The van der Waals surface area contributed by atoms with Crippen LogP contribution in [0.15, 0.2) is 18.2 Å². The standard InChI is InChI=1S/C19H26N2O5/c22-17(23)4-3-9-20-18(24)21-13-19(7-1-2-8-19)14-5-6-15-16(12-14)26-11-10-25-15/h5-6,12H,1-4,7-11,13H2,(H,22,23)(H2,20,21,24). The van der Waals surface area contributed by atoms with Crippen LogP contribution in [0.3, 0.4) is 0 Å². The normalized spacial score (nSPS) is 17.5. The minimum absolute atomic E-state index is 0.0570. The number of carbonyl (C=O) groups excluding carboxylic acids is 1. The Bertz CT molecular complexity index is 655. The number of carbonyl (C=O) groups is 2. The lowest BCUT2D eigenvalue weighted by atomic mass is 9.78. The number of rotatable bonds is 7. The maximum atomic E-state index is 12.0. The van der Waals surface area contributed by atoms with Crippen LogP contribution in [0.1, 0.15) is 44.1 Å². The zero-order chi connectivity index (χ0) is 18.4. The van der Waals surface area contributed by atoms with Gasteiger partial charge >= 0.3 is 12.0 Å². The highest BCUT2D eigenvalue weighted by Crippen LogP contribution is 2.43. The monoisotopic (exact) mass is 362 g/mol. The third-order valence-corrected chi connectivity index (χ3v) is 5.16. The first-order chi connectivity index (χ1) is 12.6. The molecule has 0 bridgehead atoms. The van der Waals surface area contributed by atoms with Crippen molar-refractivity contribution in [2.24, 2.45) is 0 Å². The van der Waals surface area contributed by atoms with Crippen molar-refractivity contribution < 1.29 is 24.2 Å². The molecule has 0 unspecified atom stereocenters. The summed E-state index contributed by atoms with van der Waals surface area (Å²) in [6.45, 7) is 2.04. The van der Waals surface area contributed by atoms with Crippen molar-refractivity contribution in [3.05, 3.63) is 23.8 Å². The second-order valence-corrected chi connectivity index (χ2v) is 6.95. The number of nitrogens with one attached hydrogen (secondary N) is 2. The first-order valence-corrected chi connectivity index (χ1v) is 9.23. The second kappa shape index (κ2) is 8.29. The minimum atomic E-state index is -0.851. The Morgan fingerprint density at radius 2 is 1.81 bits per heavy atom. The van der Waals surface area contributed by atoms with Gasteiger partial charge in [0.15, 0.2) is 11.5 Å². The molecule has 7 nitrogen and oxygen atoms in total. The van der Waals surface area contributed by atoms with Gasteiger partial charge in [-0.2, -0.15) is 0 Å². The molecule has 1 aliphatic carbocycles. The van der Waals surface area contributed by atoms with E-state index in [0.717, 1.165) is 37.2 Å². The van der Waals surface area contributed by atoms with Gasteiger partial charge in [-0.05, 0) is 37.0 Å². The van der Waals surface area contributed by atoms with E-state index < -0.39 is 5.97 Å². The molecule has 1 fully saturated rings. The minimum Gasteiger partial charge on any atom is -0.486 e. The van der Waals surface area contributed by atoms with E-state index in [-0.39, 0.29) is 17.9 Å². The molecule has 1 aromatic rings. The Morgan fingerprint density at radius 1 is 1.08 bits per heavy atom. The molecule has 0 atom stereocenters. The number of benzene rings is 1. The fraction of sp³-hybridized carbons (Fsp3) is 0.579. The molecule has 0 spiro atoms.